The van der Waals surface area contributed by atoms with Crippen molar-refractivity contribution < 1.29 is 4.79 Å². The van der Waals surface area contributed by atoms with E-state index in [-0.39, 0.29) is 22.9 Å². The van der Waals surface area contributed by atoms with Gasteiger partial charge in [0.1, 0.15) is 0 Å². The molecule has 0 aromatic carbocycles. The Kier molecular flexibility index (Phi) is 5.65. The van der Waals surface area contributed by atoms with Gasteiger partial charge in [-0.1, -0.05) is 20.8 Å². The molecule has 1 atom stereocenters. The van der Waals surface area contributed by atoms with Crippen LogP contribution in [0, 0.1) is 5.41 Å². The van der Waals surface area contributed by atoms with Gasteiger partial charge in [0.05, 0.1) is 0 Å². The predicted octanol–water partition coefficient (Wildman–Crippen LogP) is 1.99. The van der Waals surface area contributed by atoms with Gasteiger partial charge in [0, 0.05) is 43.6 Å². The van der Waals surface area contributed by atoms with Crippen molar-refractivity contribution in [1.82, 2.24) is 15.5 Å². The Morgan fingerprint density at radius 2 is 1.95 bits per heavy atom. The second-order valence-electron chi connectivity index (χ2n) is 7.13. The fourth-order valence-electron chi connectivity index (χ4n) is 2.43. The highest BCUT2D eigenvalue weighted by atomic mass is 16.1. The highest BCUT2D eigenvalue weighted by Crippen LogP contribution is 2.46. The Balaban J connectivity index is 2.42. The van der Waals surface area contributed by atoms with Crippen LogP contribution in [0.25, 0.3) is 0 Å². The van der Waals surface area contributed by atoms with Crippen molar-refractivity contribution in [3.8, 4) is 0 Å². The summed E-state index contributed by atoms with van der Waals surface area (Å²) in [5.74, 6) is 0.978. The summed E-state index contributed by atoms with van der Waals surface area (Å²) >= 11 is 0. The number of nitrogens with zero attached hydrogens (tertiary/aromatic N) is 2. The number of hydrogen-bond acceptors (Lipinski definition) is 2. The highest BCUT2D eigenvalue weighted by molar-refractivity contribution is 5.83. The molecule has 1 unspecified atom stereocenters. The molecule has 1 saturated heterocycles. The van der Waals surface area contributed by atoms with Crippen LogP contribution in [0.3, 0.4) is 0 Å². The van der Waals surface area contributed by atoms with Gasteiger partial charge < -0.3 is 15.5 Å². The average Bonchev–Trinajstić information content (AvgIpc) is 2.41. The Morgan fingerprint density at radius 1 is 1.33 bits per heavy atom. The zero-order valence-electron chi connectivity index (χ0n) is 14.7. The number of likely N-dealkylation sites (tertiary alicyclic amines) is 1. The number of amides is 1. The van der Waals surface area contributed by atoms with Crippen LogP contribution in [0.2, 0.25) is 0 Å². The number of hydrogen-bond donors (Lipinski definition) is 2. The van der Waals surface area contributed by atoms with Gasteiger partial charge >= 0.3 is 0 Å². The minimum absolute atomic E-state index is 0.0772. The largest absolute Gasteiger partial charge is 0.356 e. The maximum atomic E-state index is 11.8. The van der Waals surface area contributed by atoms with E-state index in [1.807, 2.05) is 6.92 Å². The Bertz CT molecular complexity index is 401. The predicted molar refractivity (Wildman–Crippen MR) is 88.4 cm³/mol. The van der Waals surface area contributed by atoms with Crippen LogP contribution in [-0.4, -0.2) is 48.5 Å². The van der Waals surface area contributed by atoms with E-state index in [1.165, 1.54) is 0 Å². The molecule has 0 aromatic heterocycles. The third-order valence-electron chi connectivity index (χ3n) is 5.01. The van der Waals surface area contributed by atoms with Gasteiger partial charge in [0.25, 0.3) is 0 Å². The summed E-state index contributed by atoms with van der Waals surface area (Å²) in [6, 6.07) is 0.243. The lowest BCUT2D eigenvalue weighted by atomic mass is 9.65. The van der Waals surface area contributed by atoms with E-state index in [0.29, 0.717) is 13.0 Å². The fraction of sp³-hybridized carbons (Fsp3) is 0.875. The first-order valence-corrected chi connectivity index (χ1v) is 7.93. The maximum absolute atomic E-state index is 11.8. The highest BCUT2D eigenvalue weighted by Gasteiger charge is 2.53. The summed E-state index contributed by atoms with van der Waals surface area (Å²) in [4.78, 5) is 18.4. The van der Waals surface area contributed by atoms with Gasteiger partial charge in [-0.2, -0.15) is 0 Å². The molecule has 1 aliphatic rings. The number of carbonyl (C=O) groups is 1. The zero-order chi connectivity index (χ0) is 16.3. The van der Waals surface area contributed by atoms with Crippen molar-refractivity contribution in [2.45, 2.75) is 66.0 Å². The molecule has 21 heavy (non-hydrogen) atoms. The molecule has 122 valence electrons. The topological polar surface area (TPSA) is 56.7 Å². The molecule has 0 radical (unpaired) electrons. The van der Waals surface area contributed by atoms with Crippen LogP contribution in [0.15, 0.2) is 4.99 Å². The van der Waals surface area contributed by atoms with Crippen molar-refractivity contribution >= 4 is 11.9 Å². The van der Waals surface area contributed by atoms with Crippen LogP contribution in [0.1, 0.15) is 54.4 Å². The summed E-state index contributed by atoms with van der Waals surface area (Å²) in [7, 11) is 1.79. The quantitative estimate of drug-likeness (QED) is 0.602. The normalized spacial score (nSPS) is 21.5. The Labute approximate surface area is 129 Å². The van der Waals surface area contributed by atoms with Crippen molar-refractivity contribution in [2.75, 3.05) is 20.1 Å². The SMILES string of the molecule is CCC(C)NC(=O)CCNC(=NC)N1CC(C)(C)C1(C)C. The molecular weight excluding hydrogens is 264 g/mol. The van der Waals surface area contributed by atoms with Crippen LogP contribution in [0.5, 0.6) is 0 Å². The standard InChI is InChI=1S/C16H32N4O/c1-8-12(2)19-13(21)9-10-18-14(17-7)20-11-15(3,4)16(20,5)6/h12H,8-11H2,1-7H3,(H,17,18)(H,19,21). The van der Waals surface area contributed by atoms with Crippen LogP contribution < -0.4 is 10.6 Å². The van der Waals surface area contributed by atoms with Gasteiger partial charge in [0.15, 0.2) is 5.96 Å². The Morgan fingerprint density at radius 3 is 2.38 bits per heavy atom. The van der Waals surface area contributed by atoms with Crippen molar-refractivity contribution in [3.63, 3.8) is 0 Å². The monoisotopic (exact) mass is 296 g/mol. The molecule has 1 rings (SSSR count). The number of rotatable bonds is 5. The van der Waals surface area contributed by atoms with Gasteiger partial charge in [-0.25, -0.2) is 0 Å². The Hall–Kier alpha value is -1.26. The molecule has 0 saturated carbocycles. The molecular formula is C16H32N4O. The number of guanidine groups is 1. The lowest BCUT2D eigenvalue weighted by Crippen LogP contribution is -2.72. The molecule has 1 aliphatic heterocycles. The average molecular weight is 296 g/mol. The molecule has 1 amide bonds. The summed E-state index contributed by atoms with van der Waals surface area (Å²) in [6.07, 6.45) is 1.43. The number of carbonyl (C=O) groups excluding carboxylic acids is 1. The molecule has 0 aliphatic carbocycles. The van der Waals surface area contributed by atoms with Gasteiger partial charge in [0.2, 0.25) is 5.91 Å². The summed E-state index contributed by atoms with van der Waals surface area (Å²) in [5, 5.41) is 6.28. The fourth-order valence-corrected chi connectivity index (χ4v) is 2.43. The minimum atomic E-state index is 0.0772. The maximum Gasteiger partial charge on any atom is 0.221 e. The van der Waals surface area contributed by atoms with Gasteiger partial charge in [-0.3, -0.25) is 9.79 Å². The lowest BCUT2D eigenvalue weighted by molar-refractivity contribution is -0.121. The first-order valence-electron chi connectivity index (χ1n) is 7.93. The summed E-state index contributed by atoms with van der Waals surface area (Å²) in [6.45, 7) is 14.7. The molecule has 0 spiro atoms. The first-order chi connectivity index (χ1) is 9.65. The molecule has 1 fully saturated rings. The molecule has 0 aromatic rings. The smallest absolute Gasteiger partial charge is 0.221 e. The second kappa shape index (κ2) is 6.67. The van der Waals surface area contributed by atoms with Crippen LogP contribution >= 0.6 is 0 Å². The van der Waals surface area contributed by atoms with Gasteiger partial charge in [-0.15, -0.1) is 0 Å². The second-order valence-corrected chi connectivity index (χ2v) is 7.13. The zero-order valence-corrected chi connectivity index (χ0v) is 14.7. The molecule has 2 N–H and O–H groups in total. The van der Waals surface area contributed by atoms with E-state index < -0.39 is 0 Å². The summed E-state index contributed by atoms with van der Waals surface area (Å²) < 4.78 is 0. The van der Waals surface area contributed by atoms with Crippen molar-refractivity contribution in [3.05, 3.63) is 0 Å². The van der Waals surface area contributed by atoms with E-state index in [4.69, 9.17) is 0 Å². The van der Waals surface area contributed by atoms with Gasteiger partial charge in [-0.05, 0) is 27.2 Å². The lowest BCUT2D eigenvalue weighted by Gasteiger charge is -2.62. The van der Waals surface area contributed by atoms with E-state index in [1.54, 1.807) is 7.05 Å². The van der Waals surface area contributed by atoms with E-state index >= 15 is 0 Å². The molecule has 5 nitrogen and oxygen atoms in total. The van der Waals surface area contributed by atoms with E-state index in [9.17, 15) is 4.79 Å². The van der Waals surface area contributed by atoms with E-state index in [2.05, 4.69) is 55.1 Å². The third-order valence-corrected chi connectivity index (χ3v) is 5.01. The molecule has 5 heteroatoms. The number of aliphatic imine (C=N–C) groups is 1. The van der Waals surface area contributed by atoms with Crippen LogP contribution in [0.4, 0.5) is 0 Å². The van der Waals surface area contributed by atoms with Crippen LogP contribution in [-0.2, 0) is 4.79 Å². The number of nitrogens with one attached hydrogen (secondary N) is 2. The third kappa shape index (κ3) is 3.89. The molecule has 1 heterocycles. The first kappa shape index (κ1) is 17.8. The minimum Gasteiger partial charge on any atom is -0.356 e. The summed E-state index contributed by atoms with van der Waals surface area (Å²) in [5.41, 5.74) is 0.354. The van der Waals surface area contributed by atoms with E-state index in [0.717, 1.165) is 18.9 Å². The molecule has 0 bridgehead atoms. The van der Waals surface area contributed by atoms with Crippen molar-refractivity contribution in [2.24, 2.45) is 10.4 Å². The van der Waals surface area contributed by atoms with Crippen molar-refractivity contribution in [1.29, 1.82) is 0 Å².